The van der Waals surface area contributed by atoms with Crippen LogP contribution in [0.25, 0.3) is 0 Å². The molecule has 22 heavy (non-hydrogen) atoms. The van der Waals surface area contributed by atoms with E-state index >= 15 is 0 Å². The number of anilines is 1. The minimum atomic E-state index is -3.29. The number of carbonyl (C=O) groups is 1. The van der Waals surface area contributed by atoms with Crippen molar-refractivity contribution in [1.29, 1.82) is 0 Å². The Hall–Kier alpha value is -2.14. The van der Waals surface area contributed by atoms with Gasteiger partial charge in [0.1, 0.15) is 0 Å². The van der Waals surface area contributed by atoms with Gasteiger partial charge in [0.2, 0.25) is 0 Å². The van der Waals surface area contributed by atoms with Gasteiger partial charge < -0.3 is 5.32 Å². The van der Waals surface area contributed by atoms with E-state index in [1.165, 1.54) is 12.1 Å². The predicted molar refractivity (Wildman–Crippen MR) is 87.9 cm³/mol. The molecule has 0 aromatic heterocycles. The molecule has 0 aliphatic heterocycles. The summed E-state index contributed by atoms with van der Waals surface area (Å²) in [5.41, 5.74) is 2.05. The molecular weight excluding hydrogens is 298 g/mol. The van der Waals surface area contributed by atoms with Crippen LogP contribution in [0.3, 0.4) is 0 Å². The van der Waals surface area contributed by atoms with E-state index in [1.807, 2.05) is 19.1 Å². The first-order valence-corrected chi connectivity index (χ1v) is 8.58. The molecule has 1 amide bonds. The lowest BCUT2D eigenvalue weighted by Crippen LogP contribution is -2.15. The molecule has 0 unspecified atom stereocenters. The van der Waals surface area contributed by atoms with Crippen molar-refractivity contribution in [2.45, 2.75) is 30.9 Å². The summed E-state index contributed by atoms with van der Waals surface area (Å²) in [6, 6.07) is 13.5. The van der Waals surface area contributed by atoms with Gasteiger partial charge in [-0.3, -0.25) is 4.79 Å². The highest BCUT2D eigenvalue weighted by molar-refractivity contribution is 7.92. The maximum Gasteiger partial charge on any atom is 0.255 e. The summed E-state index contributed by atoms with van der Waals surface area (Å²) in [6.45, 7) is 5.15. The number of carbonyl (C=O) groups excluding carboxylic acids is 1. The predicted octanol–water partition coefficient (Wildman–Crippen LogP) is 3.43. The zero-order chi connectivity index (χ0) is 16.3. The molecule has 0 saturated heterocycles. The Morgan fingerprint density at radius 2 is 1.59 bits per heavy atom. The van der Waals surface area contributed by atoms with Gasteiger partial charge in [-0.15, -0.1) is 0 Å². The van der Waals surface area contributed by atoms with E-state index in [0.29, 0.717) is 11.3 Å². The lowest BCUT2D eigenvalue weighted by atomic mass is 10.1. The number of aryl methyl sites for hydroxylation is 1. The van der Waals surface area contributed by atoms with Crippen LogP contribution in [-0.4, -0.2) is 19.6 Å². The van der Waals surface area contributed by atoms with E-state index in [4.69, 9.17) is 0 Å². The quantitative estimate of drug-likeness (QED) is 0.939. The van der Waals surface area contributed by atoms with E-state index in [2.05, 4.69) is 5.32 Å². The molecule has 0 heterocycles. The lowest BCUT2D eigenvalue weighted by Gasteiger charge is -2.10. The van der Waals surface area contributed by atoms with Crippen molar-refractivity contribution in [3.63, 3.8) is 0 Å². The van der Waals surface area contributed by atoms with Crippen LogP contribution < -0.4 is 5.32 Å². The first kappa shape index (κ1) is 16.2. The van der Waals surface area contributed by atoms with Crippen LogP contribution >= 0.6 is 0 Å². The first-order valence-electron chi connectivity index (χ1n) is 7.03. The Balaban J connectivity index is 2.19. The summed E-state index contributed by atoms with van der Waals surface area (Å²) in [6.07, 6.45) is 0. The Morgan fingerprint density at radius 3 is 2.14 bits per heavy atom. The summed E-state index contributed by atoms with van der Waals surface area (Å²) >= 11 is 0. The van der Waals surface area contributed by atoms with Gasteiger partial charge in [-0.2, -0.15) is 0 Å². The number of benzene rings is 2. The average Bonchev–Trinajstić information content (AvgIpc) is 2.48. The molecule has 4 nitrogen and oxygen atoms in total. The molecule has 2 aromatic rings. The van der Waals surface area contributed by atoms with Crippen molar-refractivity contribution in [1.82, 2.24) is 0 Å². The normalized spacial score (nSPS) is 11.5. The van der Waals surface area contributed by atoms with Crippen molar-refractivity contribution < 1.29 is 13.2 Å². The Morgan fingerprint density at radius 1 is 1.00 bits per heavy atom. The summed E-state index contributed by atoms with van der Waals surface area (Å²) in [5, 5.41) is 2.30. The fraction of sp³-hybridized carbons (Fsp3) is 0.235. The average molecular weight is 317 g/mol. The van der Waals surface area contributed by atoms with Gasteiger partial charge >= 0.3 is 0 Å². The Bertz CT molecular complexity index is 778. The van der Waals surface area contributed by atoms with Gasteiger partial charge in [0.25, 0.3) is 5.91 Å². The van der Waals surface area contributed by atoms with Crippen molar-refractivity contribution in [2.75, 3.05) is 5.32 Å². The van der Waals surface area contributed by atoms with Gasteiger partial charge in [0.15, 0.2) is 9.84 Å². The Kier molecular flexibility index (Phi) is 4.66. The third kappa shape index (κ3) is 3.36. The van der Waals surface area contributed by atoms with E-state index in [1.54, 1.807) is 38.1 Å². The standard InChI is InChI=1S/C17H19NO3S/c1-12(2)22(20,21)15-10-8-14(9-11-15)18-17(19)16-7-5-4-6-13(16)3/h4-12H,1-3H3,(H,18,19). The van der Waals surface area contributed by atoms with Crippen molar-refractivity contribution in [3.8, 4) is 0 Å². The second-order valence-electron chi connectivity index (χ2n) is 5.39. The van der Waals surface area contributed by atoms with E-state index in [-0.39, 0.29) is 10.8 Å². The number of sulfone groups is 1. The molecule has 2 rings (SSSR count). The third-order valence-electron chi connectivity index (χ3n) is 3.45. The molecule has 116 valence electrons. The Labute approximate surface area is 131 Å². The molecule has 0 spiro atoms. The van der Waals surface area contributed by atoms with Gasteiger partial charge in [0, 0.05) is 11.3 Å². The fourth-order valence-electron chi connectivity index (χ4n) is 2.03. The second kappa shape index (κ2) is 6.32. The number of hydrogen-bond donors (Lipinski definition) is 1. The maximum atomic E-state index is 12.2. The number of nitrogens with one attached hydrogen (secondary N) is 1. The highest BCUT2D eigenvalue weighted by Gasteiger charge is 2.18. The lowest BCUT2D eigenvalue weighted by molar-refractivity contribution is 0.102. The molecule has 0 radical (unpaired) electrons. The topological polar surface area (TPSA) is 63.2 Å². The van der Waals surface area contributed by atoms with Crippen LogP contribution in [0.15, 0.2) is 53.4 Å². The van der Waals surface area contributed by atoms with Crippen LogP contribution in [0.5, 0.6) is 0 Å². The second-order valence-corrected chi connectivity index (χ2v) is 7.89. The van der Waals surface area contributed by atoms with E-state index in [9.17, 15) is 13.2 Å². The highest BCUT2D eigenvalue weighted by atomic mass is 32.2. The molecule has 0 atom stereocenters. The summed E-state index contributed by atoms with van der Waals surface area (Å²) in [7, 11) is -3.29. The highest BCUT2D eigenvalue weighted by Crippen LogP contribution is 2.19. The van der Waals surface area contributed by atoms with Crippen LogP contribution in [0, 0.1) is 6.92 Å². The number of amides is 1. The smallest absolute Gasteiger partial charge is 0.255 e. The van der Waals surface area contributed by atoms with Crippen LogP contribution in [0.2, 0.25) is 0 Å². The minimum Gasteiger partial charge on any atom is -0.322 e. The maximum absolute atomic E-state index is 12.2. The van der Waals surface area contributed by atoms with Crippen molar-refractivity contribution in [2.24, 2.45) is 0 Å². The van der Waals surface area contributed by atoms with Gasteiger partial charge in [-0.05, 0) is 56.7 Å². The van der Waals surface area contributed by atoms with Gasteiger partial charge in [-0.25, -0.2) is 8.42 Å². The molecule has 0 aliphatic rings. The molecule has 0 bridgehead atoms. The van der Waals surface area contributed by atoms with E-state index in [0.717, 1.165) is 5.56 Å². The zero-order valence-electron chi connectivity index (χ0n) is 12.8. The fourth-order valence-corrected chi connectivity index (χ4v) is 3.09. The van der Waals surface area contributed by atoms with Gasteiger partial charge in [0.05, 0.1) is 10.1 Å². The summed E-state index contributed by atoms with van der Waals surface area (Å²) < 4.78 is 24.1. The van der Waals surface area contributed by atoms with E-state index < -0.39 is 15.1 Å². The molecule has 2 aromatic carbocycles. The SMILES string of the molecule is Cc1ccccc1C(=O)Nc1ccc(S(=O)(=O)C(C)C)cc1. The minimum absolute atomic E-state index is 0.211. The van der Waals surface area contributed by atoms with Crippen LogP contribution in [0.1, 0.15) is 29.8 Å². The van der Waals surface area contributed by atoms with Crippen molar-refractivity contribution >= 4 is 21.4 Å². The summed E-state index contributed by atoms with van der Waals surface area (Å²) in [5.74, 6) is -0.211. The molecule has 5 heteroatoms. The zero-order valence-corrected chi connectivity index (χ0v) is 13.6. The van der Waals surface area contributed by atoms with Gasteiger partial charge in [-0.1, -0.05) is 18.2 Å². The third-order valence-corrected chi connectivity index (χ3v) is 5.62. The molecule has 0 saturated carbocycles. The number of rotatable bonds is 4. The molecule has 0 fully saturated rings. The van der Waals surface area contributed by atoms with Crippen LogP contribution in [0.4, 0.5) is 5.69 Å². The molecule has 1 N–H and O–H groups in total. The summed E-state index contributed by atoms with van der Waals surface area (Å²) in [4.78, 5) is 12.5. The first-order chi connectivity index (χ1) is 10.3. The van der Waals surface area contributed by atoms with Crippen LogP contribution in [-0.2, 0) is 9.84 Å². The largest absolute Gasteiger partial charge is 0.322 e. The molecule has 0 aliphatic carbocycles. The monoisotopic (exact) mass is 317 g/mol. The number of hydrogen-bond acceptors (Lipinski definition) is 3. The molecular formula is C17H19NO3S. The van der Waals surface area contributed by atoms with Crippen molar-refractivity contribution in [3.05, 3.63) is 59.7 Å².